The lowest BCUT2D eigenvalue weighted by atomic mass is 9.97. The third kappa shape index (κ3) is 4.81. The summed E-state index contributed by atoms with van der Waals surface area (Å²) in [6, 6.07) is 8.90. The minimum atomic E-state index is -3.60. The van der Waals surface area contributed by atoms with Crippen molar-refractivity contribution in [2.24, 2.45) is 5.73 Å². The van der Waals surface area contributed by atoms with E-state index >= 15 is 0 Å². The summed E-state index contributed by atoms with van der Waals surface area (Å²) in [5, 5.41) is 0. The third-order valence-corrected chi connectivity index (χ3v) is 2.88. The van der Waals surface area contributed by atoms with Crippen LogP contribution in [0.25, 0.3) is 5.57 Å². The van der Waals surface area contributed by atoms with Crippen LogP contribution in [0.1, 0.15) is 38.2 Å². The van der Waals surface area contributed by atoms with Gasteiger partial charge in [0, 0.05) is 0 Å². The summed E-state index contributed by atoms with van der Waals surface area (Å²) in [6.45, 7) is 2.05. The number of carbonyl (C=O) groups excluding carboxylic acids is 1. The number of nitrogens with two attached hydrogens (primary N) is 1. The van der Waals surface area contributed by atoms with Crippen LogP contribution in [-0.4, -0.2) is 11.8 Å². The Balaban J connectivity index is 2.99. The van der Waals surface area contributed by atoms with Crippen LogP contribution in [0.2, 0.25) is 0 Å². The molecule has 0 aliphatic rings. The summed E-state index contributed by atoms with van der Waals surface area (Å²) in [5.41, 5.74) is 5.90. The van der Waals surface area contributed by atoms with E-state index < -0.39 is 11.8 Å². The minimum absolute atomic E-state index is 0.470. The zero-order valence-electron chi connectivity index (χ0n) is 11.0. The molecule has 0 spiro atoms. The van der Waals surface area contributed by atoms with E-state index in [9.17, 15) is 13.6 Å². The van der Waals surface area contributed by atoms with Gasteiger partial charge in [0.15, 0.2) is 0 Å². The number of halogens is 2. The Kier molecular flexibility index (Phi) is 5.67. The Hall–Kier alpha value is -1.71. The lowest BCUT2D eigenvalue weighted by Crippen LogP contribution is -2.33. The monoisotopic (exact) mass is 267 g/mol. The SMILES string of the molecule is CCCCCC(=CC(F)(F)C(N)=O)c1ccccc1. The second-order valence-corrected chi connectivity index (χ2v) is 4.48. The summed E-state index contributed by atoms with van der Waals surface area (Å²) in [4.78, 5) is 10.7. The maximum Gasteiger partial charge on any atom is 0.343 e. The second-order valence-electron chi connectivity index (χ2n) is 4.48. The number of benzene rings is 1. The van der Waals surface area contributed by atoms with Crippen molar-refractivity contribution in [3.8, 4) is 0 Å². The molecule has 4 heteroatoms. The second kappa shape index (κ2) is 7.02. The molecule has 0 saturated carbocycles. The first-order valence-electron chi connectivity index (χ1n) is 6.42. The molecule has 1 aromatic carbocycles. The fourth-order valence-corrected chi connectivity index (χ4v) is 1.81. The predicted octanol–water partition coefficient (Wildman–Crippen LogP) is 3.77. The topological polar surface area (TPSA) is 43.1 Å². The molecule has 2 N–H and O–H groups in total. The number of rotatable bonds is 7. The van der Waals surface area contributed by atoms with E-state index in [0.717, 1.165) is 19.3 Å². The van der Waals surface area contributed by atoms with Gasteiger partial charge in [-0.15, -0.1) is 0 Å². The van der Waals surface area contributed by atoms with E-state index in [0.29, 0.717) is 23.6 Å². The van der Waals surface area contributed by atoms with Gasteiger partial charge in [0.25, 0.3) is 5.91 Å². The van der Waals surface area contributed by atoms with Crippen molar-refractivity contribution in [1.29, 1.82) is 0 Å². The zero-order valence-corrected chi connectivity index (χ0v) is 11.0. The quantitative estimate of drug-likeness (QED) is 0.751. The lowest BCUT2D eigenvalue weighted by molar-refractivity contribution is -0.135. The molecule has 19 heavy (non-hydrogen) atoms. The van der Waals surface area contributed by atoms with E-state index in [1.807, 2.05) is 13.0 Å². The van der Waals surface area contributed by atoms with Gasteiger partial charge in [0.05, 0.1) is 0 Å². The highest BCUT2D eigenvalue weighted by molar-refractivity contribution is 5.86. The fraction of sp³-hybridized carbons (Fsp3) is 0.400. The molecule has 0 bridgehead atoms. The van der Waals surface area contributed by atoms with Gasteiger partial charge in [-0.1, -0.05) is 50.1 Å². The first-order chi connectivity index (χ1) is 8.97. The maximum atomic E-state index is 13.4. The summed E-state index contributed by atoms with van der Waals surface area (Å²) >= 11 is 0. The average Bonchev–Trinajstić information content (AvgIpc) is 2.38. The smallest absolute Gasteiger partial charge is 0.343 e. The molecule has 1 amide bonds. The van der Waals surface area contributed by atoms with E-state index in [1.54, 1.807) is 24.3 Å². The van der Waals surface area contributed by atoms with Crippen LogP contribution < -0.4 is 5.73 Å². The van der Waals surface area contributed by atoms with Gasteiger partial charge >= 0.3 is 5.92 Å². The van der Waals surface area contributed by atoms with Crippen molar-refractivity contribution in [1.82, 2.24) is 0 Å². The van der Waals surface area contributed by atoms with Crippen LogP contribution in [0.5, 0.6) is 0 Å². The minimum Gasteiger partial charge on any atom is -0.364 e. The third-order valence-electron chi connectivity index (χ3n) is 2.88. The van der Waals surface area contributed by atoms with E-state index in [1.165, 1.54) is 0 Å². The number of unbranched alkanes of at least 4 members (excludes halogenated alkanes) is 2. The van der Waals surface area contributed by atoms with Gasteiger partial charge in [0.1, 0.15) is 0 Å². The molecular formula is C15H19F2NO. The Morgan fingerprint density at radius 3 is 2.42 bits per heavy atom. The Morgan fingerprint density at radius 1 is 1.26 bits per heavy atom. The highest BCUT2D eigenvalue weighted by atomic mass is 19.3. The van der Waals surface area contributed by atoms with Gasteiger partial charge in [0.2, 0.25) is 0 Å². The molecule has 0 saturated heterocycles. The number of allylic oxidation sites excluding steroid dienone is 1. The standard InChI is InChI=1S/C15H19F2NO/c1-2-3-5-10-13(11-15(16,17)14(18)19)12-8-6-4-7-9-12/h4,6-9,11H,2-3,5,10H2,1H3,(H2,18,19). The molecule has 0 fully saturated rings. The summed E-state index contributed by atoms with van der Waals surface area (Å²) in [6.07, 6.45) is 3.99. The normalized spacial score (nSPS) is 12.5. The Labute approximate surface area is 112 Å². The Morgan fingerprint density at radius 2 is 1.89 bits per heavy atom. The maximum absolute atomic E-state index is 13.4. The molecule has 0 aromatic heterocycles. The largest absolute Gasteiger partial charge is 0.364 e. The summed E-state index contributed by atoms with van der Waals surface area (Å²) in [7, 11) is 0. The molecule has 1 aromatic rings. The van der Waals surface area contributed by atoms with E-state index in [-0.39, 0.29) is 0 Å². The Bertz CT molecular complexity index is 441. The molecule has 0 radical (unpaired) electrons. The van der Waals surface area contributed by atoms with Crippen LogP contribution in [-0.2, 0) is 4.79 Å². The van der Waals surface area contributed by atoms with Crippen LogP contribution in [0.4, 0.5) is 8.78 Å². The molecule has 1 rings (SSSR count). The number of amides is 1. The summed E-state index contributed by atoms with van der Waals surface area (Å²) < 4.78 is 26.9. The molecule has 0 aliphatic heterocycles. The van der Waals surface area contributed by atoms with Crippen molar-refractivity contribution in [2.75, 3.05) is 0 Å². The van der Waals surface area contributed by atoms with Crippen molar-refractivity contribution >= 4 is 11.5 Å². The van der Waals surface area contributed by atoms with E-state index in [2.05, 4.69) is 0 Å². The van der Waals surface area contributed by atoms with Crippen molar-refractivity contribution in [3.05, 3.63) is 42.0 Å². The van der Waals surface area contributed by atoms with Crippen molar-refractivity contribution in [3.63, 3.8) is 0 Å². The first-order valence-corrected chi connectivity index (χ1v) is 6.42. The van der Waals surface area contributed by atoms with Crippen LogP contribution in [0.15, 0.2) is 36.4 Å². The number of primary amides is 1. The fourth-order valence-electron chi connectivity index (χ4n) is 1.81. The molecule has 0 atom stereocenters. The van der Waals surface area contributed by atoms with Gasteiger partial charge in [-0.25, -0.2) is 0 Å². The number of alkyl halides is 2. The molecule has 0 unspecified atom stereocenters. The highest BCUT2D eigenvalue weighted by Gasteiger charge is 2.34. The first kappa shape index (κ1) is 15.3. The molecular weight excluding hydrogens is 248 g/mol. The molecule has 0 aliphatic carbocycles. The lowest BCUT2D eigenvalue weighted by Gasteiger charge is -2.12. The number of hydrogen-bond donors (Lipinski definition) is 1. The van der Waals surface area contributed by atoms with Crippen molar-refractivity contribution in [2.45, 2.75) is 38.5 Å². The molecule has 0 heterocycles. The number of carbonyl (C=O) groups is 1. The van der Waals surface area contributed by atoms with Crippen molar-refractivity contribution < 1.29 is 13.6 Å². The molecule has 104 valence electrons. The summed E-state index contributed by atoms with van der Waals surface area (Å²) in [5.74, 6) is -5.21. The van der Waals surface area contributed by atoms with Crippen LogP contribution in [0, 0.1) is 0 Å². The average molecular weight is 267 g/mol. The van der Waals surface area contributed by atoms with Gasteiger partial charge in [-0.3, -0.25) is 4.79 Å². The van der Waals surface area contributed by atoms with Gasteiger partial charge < -0.3 is 5.73 Å². The highest BCUT2D eigenvalue weighted by Crippen LogP contribution is 2.27. The van der Waals surface area contributed by atoms with Gasteiger partial charge in [-0.2, -0.15) is 8.78 Å². The van der Waals surface area contributed by atoms with Crippen LogP contribution in [0.3, 0.4) is 0 Å². The van der Waals surface area contributed by atoms with Gasteiger partial charge in [-0.05, 0) is 30.1 Å². The number of hydrogen-bond acceptors (Lipinski definition) is 1. The van der Waals surface area contributed by atoms with E-state index in [4.69, 9.17) is 5.73 Å². The predicted molar refractivity (Wildman–Crippen MR) is 72.7 cm³/mol. The van der Waals surface area contributed by atoms with Crippen LogP contribution >= 0.6 is 0 Å². The zero-order chi connectivity index (χ0) is 14.3. The molecule has 2 nitrogen and oxygen atoms in total.